The first-order valence-electron chi connectivity index (χ1n) is 4.18. The average Bonchev–Trinajstić information content (AvgIpc) is 2.62. The van der Waals surface area contributed by atoms with Gasteiger partial charge in [-0.25, -0.2) is 4.98 Å². The Morgan fingerprint density at radius 1 is 1.23 bits per heavy atom. The van der Waals surface area contributed by atoms with Gasteiger partial charge in [0.15, 0.2) is 0 Å². The van der Waals surface area contributed by atoms with Gasteiger partial charge in [0.25, 0.3) is 0 Å². The SMILES string of the molecule is Cc1ccc(Nc2ncc[nH]2)cc1. The molecule has 0 saturated heterocycles. The van der Waals surface area contributed by atoms with E-state index >= 15 is 0 Å². The number of H-pyrrole nitrogens is 1. The number of imidazole rings is 1. The number of aryl methyl sites for hydroxylation is 1. The minimum absolute atomic E-state index is 0.767. The molecule has 0 atom stereocenters. The molecule has 3 nitrogen and oxygen atoms in total. The summed E-state index contributed by atoms with van der Waals surface area (Å²) in [6, 6.07) is 8.17. The van der Waals surface area contributed by atoms with Gasteiger partial charge < -0.3 is 10.3 Å². The second-order valence-electron chi connectivity index (χ2n) is 2.93. The molecule has 2 N–H and O–H groups in total. The van der Waals surface area contributed by atoms with Gasteiger partial charge in [-0.05, 0) is 19.1 Å². The number of hydrogen-bond acceptors (Lipinski definition) is 2. The summed E-state index contributed by atoms with van der Waals surface area (Å²) in [4.78, 5) is 7.05. The fraction of sp³-hybridized carbons (Fsp3) is 0.100. The lowest BCUT2D eigenvalue weighted by molar-refractivity contribution is 1.28. The summed E-state index contributed by atoms with van der Waals surface area (Å²) in [5.74, 6) is 0.767. The molecule has 0 unspecified atom stereocenters. The van der Waals surface area contributed by atoms with Crippen LogP contribution in [0.3, 0.4) is 0 Å². The summed E-state index contributed by atoms with van der Waals surface area (Å²) in [5.41, 5.74) is 2.30. The molecule has 0 aliphatic rings. The van der Waals surface area contributed by atoms with Crippen LogP contribution in [0.15, 0.2) is 36.7 Å². The van der Waals surface area contributed by atoms with Crippen molar-refractivity contribution in [2.45, 2.75) is 6.92 Å². The molecule has 3 heteroatoms. The highest BCUT2D eigenvalue weighted by molar-refractivity contribution is 5.53. The van der Waals surface area contributed by atoms with Crippen LogP contribution in [0.5, 0.6) is 0 Å². The number of aromatic nitrogens is 2. The number of aromatic amines is 1. The van der Waals surface area contributed by atoms with Crippen LogP contribution in [0.2, 0.25) is 0 Å². The molecule has 1 aromatic carbocycles. The first kappa shape index (κ1) is 7.86. The zero-order valence-electron chi connectivity index (χ0n) is 7.41. The van der Waals surface area contributed by atoms with E-state index in [-0.39, 0.29) is 0 Å². The lowest BCUT2D eigenvalue weighted by atomic mass is 10.2. The second-order valence-corrected chi connectivity index (χ2v) is 2.93. The zero-order chi connectivity index (χ0) is 9.10. The standard InChI is InChI=1S/C10H11N3/c1-8-2-4-9(5-3-8)13-10-11-6-7-12-10/h2-7H,1H3,(H2,11,12,13). The monoisotopic (exact) mass is 173 g/mol. The molecule has 2 rings (SSSR count). The molecule has 0 radical (unpaired) electrons. The molecule has 0 aliphatic heterocycles. The summed E-state index contributed by atoms with van der Waals surface area (Å²) >= 11 is 0. The third kappa shape index (κ3) is 1.87. The topological polar surface area (TPSA) is 40.7 Å². The number of hydrogen-bond donors (Lipinski definition) is 2. The number of nitrogens with one attached hydrogen (secondary N) is 2. The fourth-order valence-electron chi connectivity index (χ4n) is 1.11. The van der Waals surface area contributed by atoms with Crippen LogP contribution in [-0.4, -0.2) is 9.97 Å². The second kappa shape index (κ2) is 3.31. The quantitative estimate of drug-likeness (QED) is 0.732. The molecule has 1 heterocycles. The zero-order valence-corrected chi connectivity index (χ0v) is 7.41. The van der Waals surface area contributed by atoms with Crippen LogP contribution >= 0.6 is 0 Å². The van der Waals surface area contributed by atoms with Gasteiger partial charge >= 0.3 is 0 Å². The van der Waals surface area contributed by atoms with Gasteiger partial charge in [-0.15, -0.1) is 0 Å². The molecule has 0 bridgehead atoms. The molecule has 0 amide bonds. The summed E-state index contributed by atoms with van der Waals surface area (Å²) in [5, 5.41) is 3.14. The number of anilines is 2. The molecule has 0 spiro atoms. The van der Waals surface area contributed by atoms with E-state index in [0.717, 1.165) is 11.6 Å². The summed E-state index contributed by atoms with van der Waals surface area (Å²) in [6.45, 7) is 2.07. The van der Waals surface area contributed by atoms with Crippen molar-refractivity contribution in [3.63, 3.8) is 0 Å². The minimum atomic E-state index is 0.767. The van der Waals surface area contributed by atoms with Crippen molar-refractivity contribution in [3.8, 4) is 0 Å². The maximum absolute atomic E-state index is 4.07. The molecule has 1 aromatic heterocycles. The molecule has 2 aromatic rings. The Morgan fingerprint density at radius 3 is 2.62 bits per heavy atom. The van der Waals surface area contributed by atoms with E-state index in [1.807, 2.05) is 12.1 Å². The Kier molecular flexibility index (Phi) is 2.00. The normalized spacial score (nSPS) is 9.92. The van der Waals surface area contributed by atoms with Gasteiger partial charge in [0.1, 0.15) is 0 Å². The van der Waals surface area contributed by atoms with Crippen LogP contribution in [0.25, 0.3) is 0 Å². The highest BCUT2D eigenvalue weighted by Gasteiger charge is 1.94. The highest BCUT2D eigenvalue weighted by atomic mass is 15.1. The van der Waals surface area contributed by atoms with Crippen molar-refractivity contribution in [2.24, 2.45) is 0 Å². The summed E-state index contributed by atoms with van der Waals surface area (Å²) < 4.78 is 0. The Bertz CT molecular complexity index is 362. The van der Waals surface area contributed by atoms with E-state index in [0.29, 0.717) is 0 Å². The first-order valence-corrected chi connectivity index (χ1v) is 4.18. The Hall–Kier alpha value is -1.77. The summed E-state index contributed by atoms with van der Waals surface area (Å²) in [6.07, 6.45) is 3.51. The van der Waals surface area contributed by atoms with Crippen LogP contribution < -0.4 is 5.32 Å². The van der Waals surface area contributed by atoms with Crippen LogP contribution in [-0.2, 0) is 0 Å². The highest BCUT2D eigenvalue weighted by Crippen LogP contribution is 2.12. The van der Waals surface area contributed by atoms with Gasteiger partial charge in [-0.3, -0.25) is 0 Å². The first-order chi connectivity index (χ1) is 6.34. The lowest BCUT2D eigenvalue weighted by Gasteiger charge is -2.02. The van der Waals surface area contributed by atoms with E-state index < -0.39 is 0 Å². The van der Waals surface area contributed by atoms with Crippen LogP contribution in [0.1, 0.15) is 5.56 Å². The van der Waals surface area contributed by atoms with Crippen LogP contribution in [0.4, 0.5) is 11.6 Å². The Balaban J connectivity index is 2.15. The molecule has 13 heavy (non-hydrogen) atoms. The molecular formula is C10H11N3. The molecule has 66 valence electrons. The predicted molar refractivity (Wildman–Crippen MR) is 53.0 cm³/mol. The largest absolute Gasteiger partial charge is 0.331 e. The Labute approximate surface area is 76.8 Å². The fourth-order valence-corrected chi connectivity index (χ4v) is 1.11. The average molecular weight is 173 g/mol. The Morgan fingerprint density at radius 2 is 2.00 bits per heavy atom. The van der Waals surface area contributed by atoms with Crippen molar-refractivity contribution < 1.29 is 0 Å². The lowest BCUT2D eigenvalue weighted by Crippen LogP contribution is -1.91. The van der Waals surface area contributed by atoms with Gasteiger partial charge in [0.2, 0.25) is 5.95 Å². The van der Waals surface area contributed by atoms with E-state index in [1.165, 1.54) is 5.56 Å². The molecule has 0 fully saturated rings. The number of nitrogens with zero attached hydrogens (tertiary/aromatic N) is 1. The summed E-state index contributed by atoms with van der Waals surface area (Å²) in [7, 11) is 0. The van der Waals surface area contributed by atoms with Gasteiger partial charge in [0, 0.05) is 18.1 Å². The molecular weight excluding hydrogens is 162 g/mol. The van der Waals surface area contributed by atoms with Crippen molar-refractivity contribution in [2.75, 3.05) is 5.32 Å². The van der Waals surface area contributed by atoms with Crippen molar-refractivity contribution >= 4 is 11.6 Å². The van der Waals surface area contributed by atoms with Crippen molar-refractivity contribution in [1.82, 2.24) is 9.97 Å². The minimum Gasteiger partial charge on any atom is -0.331 e. The van der Waals surface area contributed by atoms with Crippen molar-refractivity contribution in [3.05, 3.63) is 42.2 Å². The molecule has 0 saturated carbocycles. The predicted octanol–water partition coefficient (Wildman–Crippen LogP) is 2.46. The molecule has 0 aliphatic carbocycles. The third-order valence-corrected chi connectivity index (χ3v) is 1.81. The van der Waals surface area contributed by atoms with E-state index in [2.05, 4.69) is 34.3 Å². The number of rotatable bonds is 2. The van der Waals surface area contributed by atoms with Gasteiger partial charge in [0.05, 0.1) is 0 Å². The van der Waals surface area contributed by atoms with Gasteiger partial charge in [-0.2, -0.15) is 0 Å². The van der Waals surface area contributed by atoms with E-state index in [1.54, 1.807) is 12.4 Å². The van der Waals surface area contributed by atoms with E-state index in [9.17, 15) is 0 Å². The number of benzene rings is 1. The van der Waals surface area contributed by atoms with Crippen LogP contribution in [0, 0.1) is 6.92 Å². The third-order valence-electron chi connectivity index (χ3n) is 1.81. The van der Waals surface area contributed by atoms with Crippen molar-refractivity contribution in [1.29, 1.82) is 0 Å². The van der Waals surface area contributed by atoms with E-state index in [4.69, 9.17) is 0 Å². The smallest absolute Gasteiger partial charge is 0.204 e. The maximum Gasteiger partial charge on any atom is 0.204 e. The van der Waals surface area contributed by atoms with Gasteiger partial charge in [-0.1, -0.05) is 17.7 Å². The maximum atomic E-state index is 4.07.